The van der Waals surface area contributed by atoms with Gasteiger partial charge in [0.15, 0.2) is 0 Å². The van der Waals surface area contributed by atoms with E-state index in [-0.39, 0.29) is 0 Å². The third kappa shape index (κ3) is 1.81. The molecule has 0 fully saturated rings. The Morgan fingerprint density at radius 2 is 2.06 bits per heavy atom. The van der Waals surface area contributed by atoms with Crippen LogP contribution in [0.15, 0.2) is 30.7 Å². The van der Waals surface area contributed by atoms with Crippen LogP contribution in [0.4, 0.5) is 5.69 Å². The van der Waals surface area contributed by atoms with Crippen molar-refractivity contribution in [2.75, 3.05) is 5.73 Å². The zero-order chi connectivity index (χ0) is 11.7. The van der Waals surface area contributed by atoms with Crippen molar-refractivity contribution in [1.82, 2.24) is 9.55 Å². The van der Waals surface area contributed by atoms with E-state index in [1.807, 2.05) is 30.7 Å². The van der Waals surface area contributed by atoms with E-state index >= 15 is 0 Å². The molecule has 1 aromatic carbocycles. The zero-order valence-electron chi connectivity index (χ0n) is 9.94. The first-order valence-corrected chi connectivity index (χ1v) is 5.48. The van der Waals surface area contributed by atoms with E-state index in [1.165, 1.54) is 11.3 Å². The van der Waals surface area contributed by atoms with Gasteiger partial charge < -0.3 is 10.3 Å². The molecule has 0 radical (unpaired) electrons. The van der Waals surface area contributed by atoms with Crippen molar-refractivity contribution < 1.29 is 0 Å². The molecular formula is C13H17N3. The van der Waals surface area contributed by atoms with E-state index in [4.69, 9.17) is 5.73 Å². The summed E-state index contributed by atoms with van der Waals surface area (Å²) in [4.78, 5) is 4.21. The van der Waals surface area contributed by atoms with Crippen molar-refractivity contribution in [2.45, 2.75) is 26.7 Å². The minimum atomic E-state index is 0.448. The van der Waals surface area contributed by atoms with Gasteiger partial charge in [0.25, 0.3) is 0 Å². The maximum Gasteiger partial charge on any atom is 0.0994 e. The van der Waals surface area contributed by atoms with E-state index in [1.54, 1.807) is 0 Å². The lowest BCUT2D eigenvalue weighted by molar-refractivity contribution is 0.785. The molecule has 2 rings (SSSR count). The number of rotatable bonds is 2. The van der Waals surface area contributed by atoms with Gasteiger partial charge in [-0.15, -0.1) is 0 Å². The summed E-state index contributed by atoms with van der Waals surface area (Å²) in [6, 6.07) is 5.95. The Bertz CT molecular complexity index is 498. The highest BCUT2D eigenvalue weighted by Crippen LogP contribution is 2.22. The lowest BCUT2D eigenvalue weighted by atomic mass is 10.1. The fraction of sp³-hybridized carbons (Fsp3) is 0.308. The number of anilines is 1. The SMILES string of the molecule is Cc1ccc(N)cc1-n1cncc1C(C)C. The molecule has 3 nitrogen and oxygen atoms in total. The zero-order valence-corrected chi connectivity index (χ0v) is 9.94. The first-order valence-electron chi connectivity index (χ1n) is 5.48. The summed E-state index contributed by atoms with van der Waals surface area (Å²) in [7, 11) is 0. The fourth-order valence-electron chi connectivity index (χ4n) is 1.82. The minimum Gasteiger partial charge on any atom is -0.399 e. The quantitative estimate of drug-likeness (QED) is 0.783. The molecular weight excluding hydrogens is 198 g/mol. The normalized spacial score (nSPS) is 11.0. The highest BCUT2D eigenvalue weighted by molar-refractivity contribution is 5.52. The highest BCUT2D eigenvalue weighted by atomic mass is 15.1. The Morgan fingerprint density at radius 3 is 2.75 bits per heavy atom. The molecule has 0 amide bonds. The van der Waals surface area contributed by atoms with E-state index in [0.29, 0.717) is 5.92 Å². The van der Waals surface area contributed by atoms with Gasteiger partial charge in [-0.2, -0.15) is 0 Å². The van der Waals surface area contributed by atoms with Crippen molar-refractivity contribution in [3.05, 3.63) is 42.0 Å². The van der Waals surface area contributed by atoms with Crippen molar-refractivity contribution in [1.29, 1.82) is 0 Å². The van der Waals surface area contributed by atoms with Crippen LogP contribution in [-0.2, 0) is 0 Å². The number of benzene rings is 1. The lowest BCUT2D eigenvalue weighted by Crippen LogP contribution is -2.03. The first-order chi connectivity index (χ1) is 7.59. The van der Waals surface area contributed by atoms with Crippen LogP contribution in [0.3, 0.4) is 0 Å². The van der Waals surface area contributed by atoms with Crippen LogP contribution >= 0.6 is 0 Å². The molecule has 2 aromatic rings. The van der Waals surface area contributed by atoms with E-state index in [2.05, 4.69) is 30.3 Å². The summed E-state index contributed by atoms with van der Waals surface area (Å²) in [5.74, 6) is 0.448. The van der Waals surface area contributed by atoms with Crippen LogP contribution in [0.1, 0.15) is 31.0 Å². The van der Waals surface area contributed by atoms with E-state index in [0.717, 1.165) is 11.4 Å². The Kier molecular flexibility index (Phi) is 2.69. The van der Waals surface area contributed by atoms with Gasteiger partial charge >= 0.3 is 0 Å². The average molecular weight is 215 g/mol. The number of imidazole rings is 1. The number of nitrogens with zero attached hydrogens (tertiary/aromatic N) is 2. The molecule has 1 aromatic heterocycles. The minimum absolute atomic E-state index is 0.448. The van der Waals surface area contributed by atoms with Gasteiger partial charge in [0, 0.05) is 17.6 Å². The van der Waals surface area contributed by atoms with Crippen LogP contribution in [0.25, 0.3) is 5.69 Å². The van der Waals surface area contributed by atoms with Crippen molar-refractivity contribution in [3.8, 4) is 5.69 Å². The summed E-state index contributed by atoms with van der Waals surface area (Å²) < 4.78 is 2.11. The first kappa shape index (κ1) is 10.7. The van der Waals surface area contributed by atoms with Gasteiger partial charge in [-0.05, 0) is 30.5 Å². The summed E-state index contributed by atoms with van der Waals surface area (Å²) in [5.41, 5.74) is 10.1. The molecule has 0 saturated carbocycles. The Labute approximate surface area is 95.9 Å². The summed E-state index contributed by atoms with van der Waals surface area (Å²) in [5, 5.41) is 0. The molecule has 0 aliphatic heterocycles. The fourth-order valence-corrected chi connectivity index (χ4v) is 1.82. The molecule has 2 N–H and O–H groups in total. The molecule has 0 spiro atoms. The number of hydrogen-bond donors (Lipinski definition) is 1. The second-order valence-corrected chi connectivity index (χ2v) is 4.39. The molecule has 16 heavy (non-hydrogen) atoms. The predicted molar refractivity (Wildman–Crippen MR) is 66.8 cm³/mol. The maximum absolute atomic E-state index is 5.83. The van der Waals surface area contributed by atoms with E-state index < -0.39 is 0 Å². The van der Waals surface area contributed by atoms with Gasteiger partial charge in [0.1, 0.15) is 0 Å². The number of hydrogen-bond acceptors (Lipinski definition) is 2. The van der Waals surface area contributed by atoms with Gasteiger partial charge in [-0.1, -0.05) is 19.9 Å². The predicted octanol–water partition coefficient (Wildman–Crippen LogP) is 2.89. The van der Waals surface area contributed by atoms with Gasteiger partial charge in [-0.3, -0.25) is 0 Å². The van der Waals surface area contributed by atoms with Gasteiger partial charge in [0.05, 0.1) is 12.0 Å². The van der Waals surface area contributed by atoms with Crippen LogP contribution in [-0.4, -0.2) is 9.55 Å². The molecule has 0 atom stereocenters. The van der Waals surface area contributed by atoms with Crippen molar-refractivity contribution >= 4 is 5.69 Å². The highest BCUT2D eigenvalue weighted by Gasteiger charge is 2.09. The summed E-state index contributed by atoms with van der Waals surface area (Å²) in [6.45, 7) is 6.41. The lowest BCUT2D eigenvalue weighted by Gasteiger charge is -2.13. The molecule has 0 bridgehead atoms. The third-order valence-corrected chi connectivity index (χ3v) is 2.75. The second kappa shape index (κ2) is 4.00. The van der Waals surface area contributed by atoms with Crippen LogP contribution in [0.5, 0.6) is 0 Å². The number of nitrogens with two attached hydrogens (primary N) is 1. The van der Waals surface area contributed by atoms with Crippen LogP contribution in [0, 0.1) is 6.92 Å². The van der Waals surface area contributed by atoms with Gasteiger partial charge in [0.2, 0.25) is 0 Å². The summed E-state index contributed by atoms with van der Waals surface area (Å²) >= 11 is 0. The topological polar surface area (TPSA) is 43.8 Å². The summed E-state index contributed by atoms with van der Waals surface area (Å²) in [6.07, 6.45) is 3.75. The average Bonchev–Trinajstić information content (AvgIpc) is 2.70. The largest absolute Gasteiger partial charge is 0.399 e. The molecule has 3 heteroatoms. The van der Waals surface area contributed by atoms with E-state index in [9.17, 15) is 0 Å². The third-order valence-electron chi connectivity index (χ3n) is 2.75. The van der Waals surface area contributed by atoms with Gasteiger partial charge in [-0.25, -0.2) is 4.98 Å². The number of aromatic nitrogens is 2. The molecule has 0 aliphatic carbocycles. The maximum atomic E-state index is 5.83. The Hall–Kier alpha value is -1.77. The van der Waals surface area contributed by atoms with Crippen molar-refractivity contribution in [3.63, 3.8) is 0 Å². The monoisotopic (exact) mass is 215 g/mol. The number of nitrogen functional groups attached to an aromatic ring is 1. The molecule has 0 unspecified atom stereocenters. The van der Waals surface area contributed by atoms with Crippen LogP contribution < -0.4 is 5.73 Å². The van der Waals surface area contributed by atoms with Crippen molar-refractivity contribution in [2.24, 2.45) is 0 Å². The molecule has 0 saturated heterocycles. The van der Waals surface area contributed by atoms with Crippen LogP contribution in [0.2, 0.25) is 0 Å². The Balaban J connectivity index is 2.58. The standard InChI is InChI=1S/C13H17N3/c1-9(2)13-7-15-8-16(13)12-6-11(14)5-4-10(12)3/h4-9H,14H2,1-3H3. The number of aryl methyl sites for hydroxylation is 1. The molecule has 84 valence electrons. The molecule has 0 aliphatic rings. The Morgan fingerprint density at radius 1 is 1.31 bits per heavy atom. The second-order valence-electron chi connectivity index (χ2n) is 4.39. The molecule has 1 heterocycles. The smallest absolute Gasteiger partial charge is 0.0994 e.